The van der Waals surface area contributed by atoms with Gasteiger partial charge in [-0.05, 0) is 31.0 Å². The molecule has 0 spiro atoms. The minimum atomic E-state index is -0.390. The van der Waals surface area contributed by atoms with Gasteiger partial charge in [0.1, 0.15) is 6.61 Å². The van der Waals surface area contributed by atoms with Crippen molar-refractivity contribution < 1.29 is 23.9 Å². The molecule has 0 aliphatic heterocycles. The Labute approximate surface area is 140 Å². The highest BCUT2D eigenvalue weighted by Gasteiger charge is 2.16. The fourth-order valence-corrected chi connectivity index (χ4v) is 2.07. The predicted octanol–water partition coefficient (Wildman–Crippen LogP) is 2.07. The molecule has 0 unspecified atom stereocenters. The Morgan fingerprint density at radius 2 is 2.17 bits per heavy atom. The Morgan fingerprint density at radius 3 is 2.83 bits per heavy atom. The van der Waals surface area contributed by atoms with E-state index in [4.69, 9.17) is 19.1 Å². The molecule has 130 valence electrons. The molecule has 0 fully saturated rings. The zero-order valence-electron chi connectivity index (χ0n) is 14.0. The van der Waals surface area contributed by atoms with Crippen LogP contribution in [-0.2, 0) is 6.61 Å². The second kappa shape index (κ2) is 8.35. The van der Waals surface area contributed by atoms with Crippen LogP contribution in [0.25, 0.3) is 0 Å². The van der Waals surface area contributed by atoms with Gasteiger partial charge in [0, 0.05) is 6.07 Å². The van der Waals surface area contributed by atoms with Crippen LogP contribution in [0.2, 0.25) is 0 Å². The van der Waals surface area contributed by atoms with Crippen molar-refractivity contribution in [1.82, 2.24) is 10.5 Å². The molecule has 2 aromatic rings. The number of aryl methyl sites for hydroxylation is 1. The maximum atomic E-state index is 12.0. The maximum Gasteiger partial charge on any atom is 0.273 e. The van der Waals surface area contributed by atoms with Crippen LogP contribution >= 0.6 is 0 Å². The fraction of sp³-hybridized carbons (Fsp3) is 0.412. The summed E-state index contributed by atoms with van der Waals surface area (Å²) in [7, 11) is 1.57. The summed E-state index contributed by atoms with van der Waals surface area (Å²) in [5.74, 6) is 1.23. The number of hydrogen-bond acceptors (Lipinski definition) is 6. The number of carbonyl (C=O) groups excluding carboxylic acids is 1. The molecule has 0 bridgehead atoms. The summed E-state index contributed by atoms with van der Waals surface area (Å²) in [5.41, 5.74) is 1.21. The Hall–Kier alpha value is -2.54. The van der Waals surface area contributed by atoms with E-state index >= 15 is 0 Å². The largest absolute Gasteiger partial charge is 0.493 e. The summed E-state index contributed by atoms with van der Waals surface area (Å²) in [5, 5.41) is 15.5. The normalized spacial score (nSPS) is 11.8. The molecule has 1 aromatic heterocycles. The van der Waals surface area contributed by atoms with Gasteiger partial charge in [-0.25, -0.2) is 0 Å². The van der Waals surface area contributed by atoms with E-state index in [0.29, 0.717) is 23.7 Å². The number of carbonyl (C=O) groups is 1. The first-order valence-corrected chi connectivity index (χ1v) is 7.72. The van der Waals surface area contributed by atoms with Crippen LogP contribution in [0.15, 0.2) is 28.8 Å². The molecule has 1 heterocycles. The van der Waals surface area contributed by atoms with E-state index < -0.39 is 0 Å². The zero-order chi connectivity index (χ0) is 17.5. The second-order valence-corrected chi connectivity index (χ2v) is 5.38. The maximum absolute atomic E-state index is 12.0. The molecular weight excluding hydrogens is 312 g/mol. The molecule has 0 saturated carbocycles. The molecule has 1 atom stereocenters. The predicted molar refractivity (Wildman–Crippen MR) is 87.2 cm³/mol. The summed E-state index contributed by atoms with van der Waals surface area (Å²) in [6.45, 7) is 3.84. The van der Waals surface area contributed by atoms with Crippen molar-refractivity contribution in [2.45, 2.75) is 32.9 Å². The topological polar surface area (TPSA) is 93.8 Å². The number of aliphatic hydroxyl groups excluding tert-OH is 1. The van der Waals surface area contributed by atoms with Gasteiger partial charge in [-0.2, -0.15) is 0 Å². The second-order valence-electron chi connectivity index (χ2n) is 5.38. The lowest BCUT2D eigenvalue weighted by molar-refractivity contribution is 0.0905. The third kappa shape index (κ3) is 4.48. The van der Waals surface area contributed by atoms with Gasteiger partial charge in [0.2, 0.25) is 0 Å². The number of aliphatic hydroxyl groups is 1. The fourth-order valence-electron chi connectivity index (χ4n) is 2.07. The Kier molecular flexibility index (Phi) is 6.20. The average molecular weight is 334 g/mol. The summed E-state index contributed by atoms with van der Waals surface area (Å²) in [6.07, 6.45) is 0.628. The molecule has 2 N–H and O–H groups in total. The van der Waals surface area contributed by atoms with Gasteiger partial charge in [0.15, 0.2) is 23.0 Å². The molecule has 1 amide bonds. The molecule has 1 aromatic carbocycles. The first kappa shape index (κ1) is 17.8. The van der Waals surface area contributed by atoms with Crippen LogP contribution in [-0.4, -0.2) is 35.9 Å². The molecule has 0 saturated heterocycles. The lowest BCUT2D eigenvalue weighted by Gasteiger charge is -2.12. The average Bonchev–Trinajstić information content (AvgIpc) is 3.07. The summed E-state index contributed by atoms with van der Waals surface area (Å²) in [4.78, 5) is 12.0. The van der Waals surface area contributed by atoms with E-state index in [1.54, 1.807) is 7.11 Å². The number of amides is 1. The number of benzene rings is 1. The van der Waals surface area contributed by atoms with E-state index in [1.807, 2.05) is 32.0 Å². The van der Waals surface area contributed by atoms with Gasteiger partial charge in [0.25, 0.3) is 5.91 Å². The quantitative estimate of drug-likeness (QED) is 0.767. The number of methoxy groups -OCH3 is 1. The monoisotopic (exact) mass is 334 g/mol. The number of hydrogen-bond donors (Lipinski definition) is 2. The van der Waals surface area contributed by atoms with Gasteiger partial charge in [-0.1, -0.05) is 18.1 Å². The van der Waals surface area contributed by atoms with Gasteiger partial charge in [-0.15, -0.1) is 0 Å². The SMILES string of the molecule is CC[C@@H](CO)NC(=O)c1cc(COc2ccc(C)cc2OC)on1. The van der Waals surface area contributed by atoms with Gasteiger partial charge in [0.05, 0.1) is 19.8 Å². The Balaban J connectivity index is 1.98. The molecular formula is C17H22N2O5. The molecule has 0 aliphatic rings. The van der Waals surface area contributed by atoms with E-state index in [0.717, 1.165) is 5.56 Å². The van der Waals surface area contributed by atoms with Gasteiger partial charge >= 0.3 is 0 Å². The number of aromatic nitrogens is 1. The van der Waals surface area contributed by atoms with Crippen LogP contribution in [0.3, 0.4) is 0 Å². The van der Waals surface area contributed by atoms with Crippen molar-refractivity contribution in [3.8, 4) is 11.5 Å². The van der Waals surface area contributed by atoms with Crippen LogP contribution in [0.4, 0.5) is 0 Å². The van der Waals surface area contributed by atoms with E-state index in [-0.39, 0.29) is 30.9 Å². The lowest BCUT2D eigenvalue weighted by atomic mass is 10.2. The van der Waals surface area contributed by atoms with Gasteiger partial charge < -0.3 is 24.4 Å². The summed E-state index contributed by atoms with van der Waals surface area (Å²) in [6, 6.07) is 6.81. The molecule has 0 radical (unpaired) electrons. The number of nitrogens with one attached hydrogen (secondary N) is 1. The van der Waals surface area contributed by atoms with Crippen LogP contribution in [0.5, 0.6) is 11.5 Å². The van der Waals surface area contributed by atoms with Crippen LogP contribution < -0.4 is 14.8 Å². The molecule has 2 rings (SSSR count). The minimum Gasteiger partial charge on any atom is -0.493 e. The van der Waals surface area contributed by atoms with Gasteiger partial charge in [-0.3, -0.25) is 4.79 Å². The molecule has 24 heavy (non-hydrogen) atoms. The molecule has 7 nitrogen and oxygen atoms in total. The minimum absolute atomic E-state index is 0.122. The van der Waals surface area contributed by atoms with Crippen LogP contribution in [0, 0.1) is 6.92 Å². The number of nitrogens with zero attached hydrogens (tertiary/aromatic N) is 1. The van der Waals surface area contributed by atoms with Crippen molar-refractivity contribution >= 4 is 5.91 Å². The first-order valence-electron chi connectivity index (χ1n) is 7.72. The highest BCUT2D eigenvalue weighted by molar-refractivity contribution is 5.92. The van der Waals surface area contributed by atoms with E-state index in [1.165, 1.54) is 6.07 Å². The third-order valence-corrected chi connectivity index (χ3v) is 3.53. The lowest BCUT2D eigenvalue weighted by Crippen LogP contribution is -2.37. The Morgan fingerprint density at radius 1 is 1.38 bits per heavy atom. The van der Waals surface area contributed by atoms with Crippen molar-refractivity contribution in [3.05, 3.63) is 41.3 Å². The van der Waals surface area contributed by atoms with Crippen LogP contribution in [0.1, 0.15) is 35.2 Å². The van der Waals surface area contributed by atoms with E-state index in [2.05, 4.69) is 10.5 Å². The molecule has 0 aliphatic carbocycles. The first-order chi connectivity index (χ1) is 11.6. The summed E-state index contributed by atoms with van der Waals surface area (Å²) < 4.78 is 16.0. The molecule has 7 heteroatoms. The van der Waals surface area contributed by atoms with Crippen molar-refractivity contribution in [3.63, 3.8) is 0 Å². The van der Waals surface area contributed by atoms with Crippen molar-refractivity contribution in [2.75, 3.05) is 13.7 Å². The number of ether oxygens (including phenoxy) is 2. The number of rotatable bonds is 8. The zero-order valence-corrected chi connectivity index (χ0v) is 14.0. The van der Waals surface area contributed by atoms with Crippen molar-refractivity contribution in [1.29, 1.82) is 0 Å². The summed E-state index contributed by atoms with van der Waals surface area (Å²) >= 11 is 0. The highest BCUT2D eigenvalue weighted by atomic mass is 16.5. The van der Waals surface area contributed by atoms with Crippen molar-refractivity contribution in [2.24, 2.45) is 0 Å². The van der Waals surface area contributed by atoms with E-state index in [9.17, 15) is 4.79 Å². The standard InChI is InChI=1S/C17H22N2O5/c1-4-12(9-20)18-17(21)14-8-13(24-19-14)10-23-15-6-5-11(2)7-16(15)22-3/h5-8,12,20H,4,9-10H2,1-3H3,(H,18,21)/t12-/m0/s1. The Bertz CT molecular complexity index is 679. The third-order valence-electron chi connectivity index (χ3n) is 3.53. The smallest absolute Gasteiger partial charge is 0.273 e. The highest BCUT2D eigenvalue weighted by Crippen LogP contribution is 2.28.